The number of sulfonamides is 1. The average molecular weight is 916 g/mol. The fraction of sp³-hybridized carbons (Fsp3) is 0.320. The number of H-pyrrole nitrogens is 1. The van der Waals surface area contributed by atoms with E-state index in [4.69, 9.17) is 21.1 Å². The number of nitrogens with one attached hydrogen (secondary N) is 2. The second-order valence-electron chi connectivity index (χ2n) is 18.2. The molecule has 0 spiro atoms. The van der Waals surface area contributed by atoms with E-state index in [1.165, 1.54) is 29.0 Å². The topological polar surface area (TPSA) is 160 Å². The summed E-state index contributed by atoms with van der Waals surface area (Å²) in [6.45, 7) is 10.9. The van der Waals surface area contributed by atoms with Crippen LogP contribution in [0.25, 0.3) is 16.6 Å². The number of hydrogen-bond donors (Lipinski definition) is 2. The number of nitro groups is 1. The fourth-order valence-corrected chi connectivity index (χ4v) is 10.4. The van der Waals surface area contributed by atoms with Gasteiger partial charge >= 0.3 is 0 Å². The zero-order chi connectivity index (χ0) is 45.5. The molecule has 4 aromatic carbocycles. The highest BCUT2D eigenvalue weighted by molar-refractivity contribution is 7.90. The molecule has 2 aliphatic heterocycles. The van der Waals surface area contributed by atoms with Crippen LogP contribution in [0, 0.1) is 28.4 Å². The summed E-state index contributed by atoms with van der Waals surface area (Å²) in [4.78, 5) is 37.6. The summed E-state index contributed by atoms with van der Waals surface area (Å²) in [7, 11) is -4.64. The molecule has 9 rings (SSSR count). The number of carbonyl (C=O) groups is 1. The van der Waals surface area contributed by atoms with Gasteiger partial charge in [0.05, 0.1) is 33.7 Å². The van der Waals surface area contributed by atoms with Gasteiger partial charge in [-0.05, 0) is 97.5 Å². The van der Waals surface area contributed by atoms with Gasteiger partial charge in [0.15, 0.2) is 0 Å². The Labute approximate surface area is 383 Å². The van der Waals surface area contributed by atoms with Crippen LogP contribution in [0.2, 0.25) is 5.02 Å². The highest BCUT2D eigenvalue weighted by Crippen LogP contribution is 2.43. The lowest BCUT2D eigenvalue weighted by Crippen LogP contribution is -2.47. The largest absolute Gasteiger partial charge is 0.493 e. The van der Waals surface area contributed by atoms with E-state index in [9.17, 15) is 23.3 Å². The Balaban J connectivity index is 0.944. The minimum atomic E-state index is -4.64. The number of aromatic amines is 1. The minimum Gasteiger partial charge on any atom is -0.493 e. The van der Waals surface area contributed by atoms with Crippen LogP contribution in [0.5, 0.6) is 17.2 Å². The van der Waals surface area contributed by atoms with Crippen LogP contribution in [0.1, 0.15) is 65.7 Å². The monoisotopic (exact) mass is 914 g/mol. The van der Waals surface area contributed by atoms with Gasteiger partial charge in [0.1, 0.15) is 22.9 Å². The summed E-state index contributed by atoms with van der Waals surface area (Å²) in [5.74, 6) is -0.443. The molecule has 1 amide bonds. The lowest BCUT2D eigenvalue weighted by molar-refractivity contribution is -0.386. The number of benzene rings is 4. The SMILES string of the molecule is Cc1ccc(C[C@H]2COc3cc(S(=O)(=O)NC(=O)c4ccc(N5CCN(CC6=C(c7ccc(Cl)cc7)CCC(C)(C)C6)CC5)cc4Oc4cnc5[nH]ccc5c4)cc([N+](=O)[O-])c3C2)cc1. The number of amides is 1. The van der Waals surface area contributed by atoms with Gasteiger partial charge in [-0.2, -0.15) is 0 Å². The molecular formula is C50H51ClN6O7S. The van der Waals surface area contributed by atoms with E-state index in [2.05, 4.69) is 50.5 Å². The molecule has 336 valence electrons. The molecular weight excluding hydrogens is 864 g/mol. The Bertz CT molecular complexity index is 2920. The summed E-state index contributed by atoms with van der Waals surface area (Å²) in [6.07, 6.45) is 7.45. The Hall–Kier alpha value is -6.22. The highest BCUT2D eigenvalue weighted by Gasteiger charge is 2.33. The lowest BCUT2D eigenvalue weighted by Gasteiger charge is -2.39. The first kappa shape index (κ1) is 44.0. The number of allylic oxidation sites excluding steroid dienone is 1. The summed E-state index contributed by atoms with van der Waals surface area (Å²) < 4.78 is 42.4. The molecule has 1 fully saturated rings. The summed E-state index contributed by atoms with van der Waals surface area (Å²) in [6, 6.07) is 27.2. The molecule has 0 radical (unpaired) electrons. The Kier molecular flexibility index (Phi) is 12.2. The number of nitro benzene ring substituents is 1. The molecule has 3 aliphatic rings. The number of aryl methyl sites for hydroxylation is 1. The maximum atomic E-state index is 14.1. The van der Waals surface area contributed by atoms with Crippen molar-refractivity contribution in [3.8, 4) is 17.2 Å². The normalized spacial score (nSPS) is 17.7. The first-order valence-electron chi connectivity index (χ1n) is 21.9. The first-order valence-corrected chi connectivity index (χ1v) is 23.8. The highest BCUT2D eigenvalue weighted by atomic mass is 35.5. The number of hydrogen-bond acceptors (Lipinski definition) is 10. The molecule has 0 saturated carbocycles. The smallest absolute Gasteiger partial charge is 0.277 e. The molecule has 15 heteroatoms. The maximum Gasteiger partial charge on any atom is 0.277 e. The third kappa shape index (κ3) is 9.90. The molecule has 1 aliphatic carbocycles. The van der Waals surface area contributed by atoms with Crippen molar-refractivity contribution >= 4 is 55.5 Å². The molecule has 13 nitrogen and oxygen atoms in total. The molecule has 0 unspecified atom stereocenters. The summed E-state index contributed by atoms with van der Waals surface area (Å²) in [5.41, 5.74) is 7.89. The van der Waals surface area contributed by atoms with E-state index in [1.807, 2.05) is 49.4 Å². The lowest BCUT2D eigenvalue weighted by atomic mass is 9.73. The summed E-state index contributed by atoms with van der Waals surface area (Å²) >= 11 is 6.24. The van der Waals surface area contributed by atoms with E-state index < -0.39 is 25.7 Å². The average Bonchev–Trinajstić information content (AvgIpc) is 3.75. The molecule has 6 aromatic rings. The van der Waals surface area contributed by atoms with Crippen LogP contribution in [-0.4, -0.2) is 73.4 Å². The van der Waals surface area contributed by atoms with Crippen molar-refractivity contribution < 1.29 is 27.6 Å². The van der Waals surface area contributed by atoms with Crippen molar-refractivity contribution in [2.24, 2.45) is 11.3 Å². The quantitative estimate of drug-likeness (QED) is 0.0894. The number of aromatic nitrogens is 2. The van der Waals surface area contributed by atoms with Gasteiger partial charge in [-0.15, -0.1) is 0 Å². The van der Waals surface area contributed by atoms with Gasteiger partial charge < -0.3 is 19.4 Å². The number of piperazine rings is 1. The predicted octanol–water partition coefficient (Wildman–Crippen LogP) is 9.92. The van der Waals surface area contributed by atoms with Crippen molar-refractivity contribution in [3.05, 3.63) is 152 Å². The number of pyridine rings is 1. The molecule has 0 bridgehead atoms. The number of nitrogens with zero attached hydrogens (tertiary/aromatic N) is 4. The molecule has 4 heterocycles. The van der Waals surface area contributed by atoms with E-state index >= 15 is 0 Å². The molecule has 1 saturated heterocycles. The first-order chi connectivity index (χ1) is 31.2. The van der Waals surface area contributed by atoms with Crippen LogP contribution in [0.15, 0.2) is 114 Å². The van der Waals surface area contributed by atoms with Crippen molar-refractivity contribution in [3.63, 3.8) is 0 Å². The molecule has 2 N–H and O–H groups in total. The van der Waals surface area contributed by atoms with Gasteiger partial charge in [-0.1, -0.05) is 73.0 Å². The minimum absolute atomic E-state index is 0.0469. The van der Waals surface area contributed by atoms with Crippen molar-refractivity contribution in [2.45, 2.75) is 57.8 Å². The summed E-state index contributed by atoms with van der Waals surface area (Å²) in [5, 5.41) is 13.9. The van der Waals surface area contributed by atoms with Crippen molar-refractivity contribution in [1.82, 2.24) is 19.6 Å². The Morgan fingerprint density at radius 3 is 2.54 bits per heavy atom. The van der Waals surface area contributed by atoms with Crippen molar-refractivity contribution in [1.29, 1.82) is 0 Å². The second-order valence-corrected chi connectivity index (χ2v) is 20.4. The van der Waals surface area contributed by atoms with Crippen molar-refractivity contribution in [2.75, 3.05) is 44.2 Å². The van der Waals surface area contributed by atoms with Gasteiger partial charge in [0.25, 0.3) is 21.6 Å². The zero-order valence-electron chi connectivity index (χ0n) is 36.6. The third-order valence-electron chi connectivity index (χ3n) is 12.8. The number of halogens is 1. The molecule has 1 atom stereocenters. The van der Waals surface area contributed by atoms with Crippen LogP contribution < -0.4 is 19.1 Å². The van der Waals surface area contributed by atoms with E-state index in [0.29, 0.717) is 29.8 Å². The number of fused-ring (bicyclic) bond motifs is 2. The zero-order valence-corrected chi connectivity index (χ0v) is 38.2. The number of ether oxygens (including phenoxy) is 2. The maximum absolute atomic E-state index is 14.1. The van der Waals surface area contributed by atoms with E-state index in [0.717, 1.165) is 85.3 Å². The molecule has 65 heavy (non-hydrogen) atoms. The Morgan fingerprint density at radius 1 is 1.02 bits per heavy atom. The van der Waals surface area contributed by atoms with Crippen LogP contribution in [0.4, 0.5) is 11.4 Å². The Morgan fingerprint density at radius 2 is 1.78 bits per heavy atom. The third-order valence-corrected chi connectivity index (χ3v) is 14.4. The number of carbonyl (C=O) groups excluding carboxylic acids is 1. The fourth-order valence-electron chi connectivity index (χ4n) is 9.32. The van der Waals surface area contributed by atoms with Gasteiger partial charge in [0.2, 0.25) is 0 Å². The van der Waals surface area contributed by atoms with Crippen LogP contribution in [-0.2, 0) is 22.9 Å². The van der Waals surface area contributed by atoms with E-state index in [1.54, 1.807) is 30.5 Å². The van der Waals surface area contributed by atoms with E-state index in [-0.39, 0.29) is 40.7 Å². The standard InChI is InChI=1S/C50H51ClN6O7S/c1-32-4-6-33(7-5-32)22-34-23-44-45(57(59)60)26-41(27-46(44)63-31-34)65(61,62)54-49(58)43-13-12-39(25-47(43)64-40-24-36-15-17-52-48(36)53-29-40)56-20-18-55(19-21-56)30-37-28-50(2,3)16-14-42(37)35-8-10-38(51)11-9-35/h4-13,15,17,24-27,29,34H,14,16,18-23,28,30-31H2,1-3H3,(H,52,53)(H,54,58)/t34-/m1/s1. The van der Waals surface area contributed by atoms with Gasteiger partial charge in [0, 0.05) is 79.1 Å². The second kappa shape index (κ2) is 18.0. The van der Waals surface area contributed by atoms with Gasteiger partial charge in [-0.3, -0.25) is 19.8 Å². The van der Waals surface area contributed by atoms with Crippen LogP contribution >= 0.6 is 11.6 Å². The number of rotatable bonds is 12. The molecule has 2 aromatic heterocycles. The van der Waals surface area contributed by atoms with Gasteiger partial charge in [-0.25, -0.2) is 18.1 Å². The predicted molar refractivity (Wildman–Crippen MR) is 253 cm³/mol. The number of anilines is 1. The van der Waals surface area contributed by atoms with Crippen LogP contribution in [0.3, 0.4) is 0 Å².